The fourth-order valence-corrected chi connectivity index (χ4v) is 4.92. The first-order chi connectivity index (χ1) is 17.3. The molecule has 15 heteroatoms. The molecule has 0 saturated carbocycles. The van der Waals surface area contributed by atoms with Gasteiger partial charge in [0.1, 0.15) is 17.2 Å². The van der Waals surface area contributed by atoms with Gasteiger partial charge in [0.2, 0.25) is 12.3 Å². The van der Waals surface area contributed by atoms with E-state index in [-0.39, 0.29) is 29.6 Å². The molecule has 0 bridgehead atoms. The van der Waals surface area contributed by atoms with Gasteiger partial charge >= 0.3 is 5.97 Å². The number of hydrogen-bond acceptors (Lipinski definition) is 11. The molecule has 2 aromatic rings. The molecule has 2 aliphatic heterocycles. The molecule has 14 nitrogen and oxygen atoms in total. The van der Waals surface area contributed by atoms with Crippen molar-refractivity contribution >= 4 is 47.0 Å². The molecule has 4 N–H and O–H groups in total. The molecule has 0 spiro atoms. The summed E-state index contributed by atoms with van der Waals surface area (Å²) in [5.41, 5.74) is 5.38. The van der Waals surface area contributed by atoms with Gasteiger partial charge in [-0.2, -0.15) is 0 Å². The topological polar surface area (TPSA) is 204 Å². The summed E-state index contributed by atoms with van der Waals surface area (Å²) in [6.45, 7) is -0.592. The molecular weight excluding hydrogens is 494 g/mol. The van der Waals surface area contributed by atoms with E-state index in [1.54, 1.807) is 29.1 Å². The molecular formula is C21H19N7O7S. The van der Waals surface area contributed by atoms with Gasteiger partial charge in [0.05, 0.1) is 11.7 Å². The molecule has 1 saturated heterocycles. The standard InChI is InChI=1S/C21H19N7O7S/c22-12-4-5-23-17(24-12)14(26-35-9-13(29)30)18(31)25-15-19(32)28-16(21(33)34)11(10-36-20(15)28)8-27-6-2-1-3-7-27/h1-7,15,20H,8-10H2,(H4-,22,23,24,25,29,30,31,33,34)/t15?,20-/m0/s1. The minimum Gasteiger partial charge on any atom is -0.543 e. The Balaban J connectivity index is 1.54. The van der Waals surface area contributed by atoms with E-state index in [1.165, 1.54) is 24.0 Å². The van der Waals surface area contributed by atoms with Gasteiger partial charge in [-0.25, -0.2) is 19.3 Å². The van der Waals surface area contributed by atoms with Crippen molar-refractivity contribution in [2.75, 3.05) is 18.1 Å². The van der Waals surface area contributed by atoms with Crippen LogP contribution in [-0.4, -0.2) is 73.2 Å². The molecule has 0 aliphatic carbocycles. The Hall–Kier alpha value is -4.53. The third-order valence-corrected chi connectivity index (χ3v) is 6.47. The van der Waals surface area contributed by atoms with Gasteiger partial charge < -0.3 is 30.9 Å². The number of carboxylic acid groups (broad SMARTS) is 2. The highest BCUT2D eigenvalue weighted by Crippen LogP contribution is 2.40. The first-order valence-corrected chi connectivity index (χ1v) is 11.4. The molecule has 2 aromatic heterocycles. The van der Waals surface area contributed by atoms with Crippen molar-refractivity contribution < 1.29 is 38.8 Å². The molecule has 36 heavy (non-hydrogen) atoms. The molecule has 2 aliphatic rings. The fraction of sp³-hybridized carbons (Fsp3) is 0.238. The van der Waals surface area contributed by atoms with Crippen LogP contribution in [0.1, 0.15) is 5.82 Å². The number of rotatable bonds is 9. The highest BCUT2D eigenvalue weighted by Gasteiger charge is 2.53. The van der Waals surface area contributed by atoms with E-state index in [0.717, 1.165) is 4.90 Å². The van der Waals surface area contributed by atoms with Crippen molar-refractivity contribution in [3.05, 3.63) is 60.0 Å². The Bertz CT molecular complexity index is 1280. The van der Waals surface area contributed by atoms with Crippen LogP contribution in [0.5, 0.6) is 0 Å². The zero-order valence-electron chi connectivity index (χ0n) is 18.4. The molecule has 2 atom stereocenters. The second-order valence-electron chi connectivity index (χ2n) is 7.56. The number of carbonyl (C=O) groups excluding carboxylic acids is 3. The second-order valence-corrected chi connectivity index (χ2v) is 8.67. The van der Waals surface area contributed by atoms with Crippen LogP contribution in [0.2, 0.25) is 0 Å². The van der Waals surface area contributed by atoms with Crippen LogP contribution in [0.15, 0.2) is 59.3 Å². The van der Waals surface area contributed by atoms with Crippen molar-refractivity contribution in [2.24, 2.45) is 5.16 Å². The fourth-order valence-electron chi connectivity index (χ4n) is 3.59. The number of aromatic nitrogens is 3. The number of anilines is 1. The number of nitrogens with two attached hydrogens (primary N) is 1. The van der Waals surface area contributed by atoms with Crippen molar-refractivity contribution in [3.8, 4) is 0 Å². The minimum atomic E-state index is -1.50. The van der Waals surface area contributed by atoms with Gasteiger partial charge in [-0.1, -0.05) is 11.2 Å². The molecule has 1 unspecified atom stereocenters. The Morgan fingerprint density at radius 1 is 1.33 bits per heavy atom. The average molecular weight is 513 g/mol. The van der Waals surface area contributed by atoms with Gasteiger partial charge in [0.15, 0.2) is 24.8 Å². The number of pyridine rings is 1. The predicted octanol–water partition coefficient (Wildman–Crippen LogP) is -2.74. The smallest absolute Gasteiger partial charge is 0.344 e. The molecule has 0 aromatic carbocycles. The number of carboxylic acids is 2. The number of fused-ring (bicyclic) bond motifs is 1. The molecule has 4 rings (SSSR count). The van der Waals surface area contributed by atoms with Crippen molar-refractivity contribution in [1.82, 2.24) is 20.2 Å². The maximum absolute atomic E-state index is 13.0. The van der Waals surface area contributed by atoms with Gasteiger partial charge in [-0.05, 0) is 6.07 Å². The monoisotopic (exact) mass is 513 g/mol. The summed E-state index contributed by atoms with van der Waals surface area (Å²) in [5.74, 6) is -4.38. The van der Waals surface area contributed by atoms with Crippen LogP contribution in [0.25, 0.3) is 0 Å². The van der Waals surface area contributed by atoms with Crippen LogP contribution < -0.4 is 20.7 Å². The number of hydrogen-bond donors (Lipinski definition) is 3. The van der Waals surface area contributed by atoms with E-state index >= 15 is 0 Å². The quantitative estimate of drug-likeness (QED) is 0.136. The SMILES string of the molecule is Nc1ccnc(C(=NOCC(=O)O)C(=O)NC2C(=O)N3C(C(=O)[O-])=C(C[n+]4ccccc4)CS[C@@H]23)n1. The highest BCUT2D eigenvalue weighted by molar-refractivity contribution is 8.00. The summed E-state index contributed by atoms with van der Waals surface area (Å²) >= 11 is 1.28. The lowest BCUT2D eigenvalue weighted by atomic mass is 10.0. The predicted molar refractivity (Wildman–Crippen MR) is 120 cm³/mol. The van der Waals surface area contributed by atoms with Crippen molar-refractivity contribution in [3.63, 3.8) is 0 Å². The summed E-state index contributed by atoms with van der Waals surface area (Å²) in [6.07, 6.45) is 4.79. The van der Waals surface area contributed by atoms with Crippen LogP contribution in [0.3, 0.4) is 0 Å². The largest absolute Gasteiger partial charge is 0.543 e. The van der Waals surface area contributed by atoms with E-state index < -0.39 is 47.5 Å². The molecule has 4 heterocycles. The first kappa shape index (κ1) is 24.6. The maximum Gasteiger partial charge on any atom is 0.344 e. The third kappa shape index (κ3) is 5.10. The molecule has 1 fully saturated rings. The number of nitrogens with zero attached hydrogens (tertiary/aromatic N) is 5. The highest BCUT2D eigenvalue weighted by atomic mass is 32.2. The second kappa shape index (κ2) is 10.4. The Morgan fingerprint density at radius 2 is 2.08 bits per heavy atom. The summed E-state index contributed by atoms with van der Waals surface area (Å²) in [6, 6.07) is 5.68. The van der Waals surface area contributed by atoms with Gasteiger partial charge in [-0.3, -0.25) is 14.5 Å². The van der Waals surface area contributed by atoms with Gasteiger partial charge in [-0.15, -0.1) is 11.8 Å². The van der Waals surface area contributed by atoms with Gasteiger partial charge in [0.25, 0.3) is 11.8 Å². The lowest BCUT2D eigenvalue weighted by Gasteiger charge is -2.50. The Kier molecular flexibility index (Phi) is 7.10. The maximum atomic E-state index is 13.0. The third-order valence-electron chi connectivity index (χ3n) is 5.13. The summed E-state index contributed by atoms with van der Waals surface area (Å²) in [4.78, 5) is 62.1. The molecule has 186 valence electrons. The van der Waals surface area contributed by atoms with Crippen molar-refractivity contribution in [2.45, 2.75) is 18.0 Å². The van der Waals surface area contributed by atoms with E-state index in [1.807, 2.05) is 6.07 Å². The summed E-state index contributed by atoms with van der Waals surface area (Å²) in [7, 11) is 0. The van der Waals surface area contributed by atoms with Crippen LogP contribution in [0, 0.1) is 0 Å². The normalized spacial score (nSPS) is 19.3. The number of β-lactam (4-membered cyclic amide) rings is 1. The number of nitrogen functional groups attached to an aromatic ring is 1. The Labute approximate surface area is 207 Å². The van der Waals surface area contributed by atoms with Crippen LogP contribution in [-0.2, 0) is 30.6 Å². The zero-order valence-corrected chi connectivity index (χ0v) is 19.3. The first-order valence-electron chi connectivity index (χ1n) is 10.4. The van der Waals surface area contributed by atoms with E-state index in [9.17, 15) is 24.3 Å². The summed E-state index contributed by atoms with van der Waals surface area (Å²) in [5, 5.41) is 26.0. The summed E-state index contributed by atoms with van der Waals surface area (Å²) < 4.78 is 1.77. The molecule has 0 radical (unpaired) electrons. The average Bonchev–Trinajstić information content (AvgIpc) is 2.85. The van der Waals surface area contributed by atoms with E-state index in [0.29, 0.717) is 5.57 Å². The zero-order chi connectivity index (χ0) is 25.8. The number of amides is 2. The van der Waals surface area contributed by atoms with Crippen molar-refractivity contribution in [1.29, 1.82) is 0 Å². The number of nitrogens with one attached hydrogen (secondary N) is 1. The van der Waals surface area contributed by atoms with E-state index in [4.69, 9.17) is 10.8 Å². The van der Waals surface area contributed by atoms with Crippen LogP contribution in [0.4, 0.5) is 5.82 Å². The number of oxime groups is 1. The number of carbonyl (C=O) groups is 4. The van der Waals surface area contributed by atoms with Crippen LogP contribution >= 0.6 is 11.8 Å². The lowest BCUT2D eigenvalue weighted by Crippen LogP contribution is -2.71. The number of thioether (sulfide) groups is 1. The lowest BCUT2D eigenvalue weighted by molar-refractivity contribution is -0.689. The minimum absolute atomic E-state index is 0.0139. The van der Waals surface area contributed by atoms with Gasteiger partial charge in [0, 0.05) is 29.7 Å². The molecule has 2 amide bonds. The Morgan fingerprint density at radius 3 is 2.75 bits per heavy atom. The number of aliphatic carboxylic acids is 2. The van der Waals surface area contributed by atoms with E-state index in [2.05, 4.69) is 25.3 Å².